The van der Waals surface area contributed by atoms with Crippen molar-refractivity contribution in [2.45, 2.75) is 42.8 Å². The topological polar surface area (TPSA) is 37.3 Å². The standard InChI is InChI=1S/C9H13BrO2/c10-9(7(11)12)6-8(9)4-2-1-3-5-8/h1-6H2,(H,11,12)/t9-/m1/s1. The predicted octanol–water partition coefficient (Wildman–Crippen LogP) is 2.56. The summed E-state index contributed by atoms with van der Waals surface area (Å²) >= 11 is 3.37. The molecule has 0 heterocycles. The van der Waals surface area contributed by atoms with Gasteiger partial charge in [-0.25, -0.2) is 0 Å². The first-order chi connectivity index (χ1) is 5.61. The summed E-state index contributed by atoms with van der Waals surface area (Å²) in [6, 6.07) is 0. The number of halogens is 1. The predicted molar refractivity (Wildman–Crippen MR) is 49.4 cm³/mol. The van der Waals surface area contributed by atoms with Crippen molar-refractivity contribution in [2.75, 3.05) is 0 Å². The van der Waals surface area contributed by atoms with E-state index in [0.717, 1.165) is 19.3 Å². The van der Waals surface area contributed by atoms with E-state index in [0.29, 0.717) is 0 Å². The Morgan fingerprint density at radius 3 is 2.25 bits per heavy atom. The van der Waals surface area contributed by atoms with Gasteiger partial charge in [0.05, 0.1) is 0 Å². The van der Waals surface area contributed by atoms with Crippen LogP contribution in [-0.4, -0.2) is 15.4 Å². The van der Waals surface area contributed by atoms with E-state index in [9.17, 15) is 4.79 Å². The fraction of sp³-hybridized carbons (Fsp3) is 0.889. The Morgan fingerprint density at radius 2 is 1.83 bits per heavy atom. The van der Waals surface area contributed by atoms with E-state index >= 15 is 0 Å². The Labute approximate surface area is 80.5 Å². The highest BCUT2D eigenvalue weighted by Gasteiger charge is 2.70. The number of carboxylic acid groups (broad SMARTS) is 1. The SMILES string of the molecule is O=C(O)[C@]1(Br)CC12CCCCC2. The Hall–Kier alpha value is -0.0500. The summed E-state index contributed by atoms with van der Waals surface area (Å²) in [6.07, 6.45) is 6.75. The zero-order valence-electron chi connectivity index (χ0n) is 6.98. The third-order valence-corrected chi connectivity index (χ3v) is 4.91. The maximum absolute atomic E-state index is 10.9. The molecule has 0 unspecified atom stereocenters. The average Bonchev–Trinajstić information content (AvgIpc) is 2.59. The molecule has 0 aromatic rings. The van der Waals surface area contributed by atoms with Crippen molar-refractivity contribution in [3.63, 3.8) is 0 Å². The second-order valence-corrected chi connectivity index (χ2v) is 5.48. The summed E-state index contributed by atoms with van der Waals surface area (Å²) in [5.41, 5.74) is 0.122. The molecule has 0 amide bonds. The molecule has 12 heavy (non-hydrogen) atoms. The van der Waals surface area contributed by atoms with Gasteiger partial charge in [0.25, 0.3) is 0 Å². The molecule has 1 N–H and O–H groups in total. The van der Waals surface area contributed by atoms with Crippen LogP contribution in [0.25, 0.3) is 0 Å². The normalized spacial score (nSPS) is 38.1. The van der Waals surface area contributed by atoms with Gasteiger partial charge >= 0.3 is 5.97 Å². The van der Waals surface area contributed by atoms with E-state index in [-0.39, 0.29) is 5.41 Å². The van der Waals surface area contributed by atoms with Crippen LogP contribution in [0.5, 0.6) is 0 Å². The average molecular weight is 233 g/mol. The lowest BCUT2D eigenvalue weighted by atomic mass is 9.84. The minimum atomic E-state index is -0.663. The molecule has 0 radical (unpaired) electrons. The van der Waals surface area contributed by atoms with E-state index in [4.69, 9.17) is 5.11 Å². The van der Waals surface area contributed by atoms with Gasteiger partial charge in [-0.15, -0.1) is 0 Å². The molecule has 2 aliphatic rings. The van der Waals surface area contributed by atoms with Crippen LogP contribution in [0.1, 0.15) is 38.5 Å². The van der Waals surface area contributed by atoms with Crippen LogP contribution in [0.15, 0.2) is 0 Å². The lowest BCUT2D eigenvalue weighted by molar-refractivity contribution is -0.138. The minimum Gasteiger partial charge on any atom is -0.480 e. The van der Waals surface area contributed by atoms with Crippen LogP contribution in [0.3, 0.4) is 0 Å². The number of rotatable bonds is 1. The Morgan fingerprint density at radius 1 is 1.25 bits per heavy atom. The van der Waals surface area contributed by atoms with Crippen LogP contribution in [-0.2, 0) is 4.79 Å². The fourth-order valence-corrected chi connectivity index (χ4v) is 3.46. The second-order valence-electron chi connectivity index (χ2n) is 4.12. The van der Waals surface area contributed by atoms with Crippen molar-refractivity contribution in [1.82, 2.24) is 0 Å². The van der Waals surface area contributed by atoms with Gasteiger partial charge in [-0.05, 0) is 24.7 Å². The molecule has 1 spiro atoms. The highest BCUT2D eigenvalue weighted by atomic mass is 79.9. The van der Waals surface area contributed by atoms with Crippen LogP contribution in [0.2, 0.25) is 0 Å². The Balaban J connectivity index is 2.12. The van der Waals surface area contributed by atoms with Gasteiger partial charge in [-0.1, -0.05) is 35.2 Å². The number of hydrogen-bond acceptors (Lipinski definition) is 1. The monoisotopic (exact) mass is 232 g/mol. The molecular formula is C9H13BrO2. The highest BCUT2D eigenvalue weighted by molar-refractivity contribution is 9.10. The van der Waals surface area contributed by atoms with Gasteiger partial charge in [-0.2, -0.15) is 0 Å². The van der Waals surface area contributed by atoms with E-state index < -0.39 is 10.3 Å². The maximum Gasteiger partial charge on any atom is 0.321 e. The molecular weight excluding hydrogens is 220 g/mol. The van der Waals surface area contributed by atoms with Gasteiger partial charge < -0.3 is 5.11 Å². The number of carboxylic acids is 1. The maximum atomic E-state index is 10.9. The number of alkyl halides is 1. The zero-order valence-corrected chi connectivity index (χ0v) is 8.56. The molecule has 68 valence electrons. The quantitative estimate of drug-likeness (QED) is 0.706. The highest BCUT2D eigenvalue weighted by Crippen LogP contribution is 2.68. The number of carbonyl (C=O) groups is 1. The molecule has 2 fully saturated rings. The van der Waals surface area contributed by atoms with Gasteiger partial charge in [0.1, 0.15) is 4.32 Å². The van der Waals surface area contributed by atoms with Crippen molar-refractivity contribution in [1.29, 1.82) is 0 Å². The Kier molecular flexibility index (Phi) is 1.76. The largest absolute Gasteiger partial charge is 0.480 e. The van der Waals surface area contributed by atoms with E-state index in [1.165, 1.54) is 19.3 Å². The fourth-order valence-electron chi connectivity index (χ4n) is 2.53. The molecule has 0 aromatic carbocycles. The lowest BCUT2D eigenvalue weighted by Gasteiger charge is -2.23. The lowest BCUT2D eigenvalue weighted by Crippen LogP contribution is -2.25. The molecule has 3 heteroatoms. The summed E-state index contributed by atoms with van der Waals surface area (Å²) in [6.45, 7) is 0. The molecule has 1 atom stereocenters. The molecule has 2 rings (SSSR count). The van der Waals surface area contributed by atoms with Crippen LogP contribution in [0, 0.1) is 5.41 Å². The smallest absolute Gasteiger partial charge is 0.321 e. The molecule has 2 aliphatic carbocycles. The van der Waals surface area contributed by atoms with E-state index in [1.807, 2.05) is 0 Å². The van der Waals surface area contributed by atoms with Gasteiger partial charge in [0.2, 0.25) is 0 Å². The van der Waals surface area contributed by atoms with Crippen molar-refractivity contribution >= 4 is 21.9 Å². The minimum absolute atomic E-state index is 0.122. The molecule has 0 aliphatic heterocycles. The van der Waals surface area contributed by atoms with Crippen molar-refractivity contribution in [3.05, 3.63) is 0 Å². The van der Waals surface area contributed by atoms with Gasteiger partial charge in [-0.3, -0.25) is 4.79 Å². The van der Waals surface area contributed by atoms with Crippen molar-refractivity contribution in [3.8, 4) is 0 Å². The van der Waals surface area contributed by atoms with Crippen molar-refractivity contribution < 1.29 is 9.90 Å². The van der Waals surface area contributed by atoms with Gasteiger partial charge in [0, 0.05) is 0 Å². The van der Waals surface area contributed by atoms with Crippen LogP contribution < -0.4 is 0 Å². The summed E-state index contributed by atoms with van der Waals surface area (Å²) in [5, 5.41) is 8.98. The summed E-state index contributed by atoms with van der Waals surface area (Å²) in [5.74, 6) is -0.663. The number of aliphatic carboxylic acids is 1. The summed E-state index contributed by atoms with van der Waals surface area (Å²) in [4.78, 5) is 10.9. The molecule has 2 saturated carbocycles. The molecule has 0 saturated heterocycles. The number of hydrogen-bond donors (Lipinski definition) is 1. The Bertz CT molecular complexity index is 221. The first kappa shape index (κ1) is 8.54. The third-order valence-electron chi connectivity index (χ3n) is 3.45. The zero-order chi connectivity index (χ0) is 8.82. The van der Waals surface area contributed by atoms with Crippen molar-refractivity contribution in [2.24, 2.45) is 5.41 Å². The summed E-state index contributed by atoms with van der Waals surface area (Å²) < 4.78 is -0.555. The first-order valence-electron chi connectivity index (χ1n) is 4.53. The van der Waals surface area contributed by atoms with E-state index in [2.05, 4.69) is 15.9 Å². The molecule has 2 nitrogen and oxygen atoms in total. The van der Waals surface area contributed by atoms with Crippen LogP contribution >= 0.6 is 15.9 Å². The van der Waals surface area contributed by atoms with Crippen LogP contribution in [0.4, 0.5) is 0 Å². The van der Waals surface area contributed by atoms with Gasteiger partial charge in [0.15, 0.2) is 0 Å². The summed E-state index contributed by atoms with van der Waals surface area (Å²) in [7, 11) is 0. The molecule has 0 bridgehead atoms. The van der Waals surface area contributed by atoms with E-state index in [1.54, 1.807) is 0 Å². The third kappa shape index (κ3) is 0.951. The first-order valence-corrected chi connectivity index (χ1v) is 5.32. The molecule has 0 aromatic heterocycles. The second kappa shape index (κ2) is 2.47.